The molecule has 0 saturated carbocycles. The molecule has 0 aliphatic heterocycles. The summed E-state index contributed by atoms with van der Waals surface area (Å²) < 4.78 is 42.1. The highest BCUT2D eigenvalue weighted by molar-refractivity contribution is 7.99. The van der Waals surface area contributed by atoms with Gasteiger partial charge >= 0.3 is 0 Å². The van der Waals surface area contributed by atoms with E-state index in [4.69, 9.17) is 0 Å². The van der Waals surface area contributed by atoms with Crippen molar-refractivity contribution in [2.45, 2.75) is 37.4 Å². The first-order chi connectivity index (χ1) is 14.8. The van der Waals surface area contributed by atoms with Crippen LogP contribution in [-0.2, 0) is 21.4 Å². The van der Waals surface area contributed by atoms with Gasteiger partial charge in [-0.2, -0.15) is 4.31 Å². The van der Waals surface area contributed by atoms with Crippen molar-refractivity contribution in [3.8, 4) is 0 Å². The van der Waals surface area contributed by atoms with Crippen LogP contribution in [-0.4, -0.2) is 52.1 Å². The van der Waals surface area contributed by atoms with E-state index in [-0.39, 0.29) is 28.9 Å². The molecular weight excluding hydrogens is 441 g/mol. The molecule has 0 aliphatic rings. The molecule has 2 aromatic heterocycles. The van der Waals surface area contributed by atoms with Gasteiger partial charge in [0.1, 0.15) is 5.82 Å². The summed E-state index contributed by atoms with van der Waals surface area (Å²) in [5.41, 5.74) is 1.70. The third kappa shape index (κ3) is 5.23. The van der Waals surface area contributed by atoms with E-state index in [0.29, 0.717) is 35.0 Å². The lowest BCUT2D eigenvalue weighted by atomic mass is 10.1. The van der Waals surface area contributed by atoms with Gasteiger partial charge in [-0.3, -0.25) is 9.20 Å². The maximum atomic E-state index is 13.6. The van der Waals surface area contributed by atoms with Crippen molar-refractivity contribution in [2.75, 3.05) is 18.8 Å². The number of hydrogen-bond acceptors (Lipinski definition) is 6. The smallest absolute Gasteiger partial charge is 0.244 e. The average molecular weight is 466 g/mol. The fourth-order valence-corrected chi connectivity index (χ4v) is 5.14. The second-order valence-electron chi connectivity index (χ2n) is 6.81. The van der Waals surface area contributed by atoms with Gasteiger partial charge in [0.2, 0.25) is 15.9 Å². The van der Waals surface area contributed by atoms with E-state index in [2.05, 4.69) is 15.5 Å². The molecule has 3 rings (SSSR count). The number of aryl methyl sites for hydroxylation is 1. The molecule has 8 nitrogen and oxygen atoms in total. The monoisotopic (exact) mass is 465 g/mol. The molecule has 0 saturated heterocycles. The maximum Gasteiger partial charge on any atom is 0.244 e. The summed E-state index contributed by atoms with van der Waals surface area (Å²) in [6.07, 6.45) is 1.47. The molecule has 1 N–H and O–H groups in total. The van der Waals surface area contributed by atoms with Crippen molar-refractivity contribution in [2.24, 2.45) is 0 Å². The first-order valence-corrected chi connectivity index (χ1v) is 12.2. The molecule has 31 heavy (non-hydrogen) atoms. The molecule has 0 atom stereocenters. The standard InChI is InChI=1S/C20H24FN5O3S2/c1-4-25(5-2)31(28,29)16-8-9-18-23-24-20(26(18)12-16)30-13-19(27)22-11-15-7-6-14(3)17(21)10-15/h6-10,12H,4-5,11,13H2,1-3H3,(H,22,27). The number of rotatable bonds is 9. The van der Waals surface area contributed by atoms with Crippen LogP contribution in [0.5, 0.6) is 0 Å². The van der Waals surface area contributed by atoms with Crippen LogP contribution in [0, 0.1) is 12.7 Å². The number of nitrogens with zero attached hydrogens (tertiary/aromatic N) is 4. The van der Waals surface area contributed by atoms with E-state index in [1.807, 2.05) is 0 Å². The molecule has 0 spiro atoms. The Morgan fingerprint density at radius 2 is 1.94 bits per heavy atom. The van der Waals surface area contributed by atoms with Gasteiger partial charge in [0, 0.05) is 25.8 Å². The highest BCUT2D eigenvalue weighted by atomic mass is 32.2. The van der Waals surface area contributed by atoms with Gasteiger partial charge in [0.05, 0.1) is 10.6 Å². The number of hydrogen-bond donors (Lipinski definition) is 1. The van der Waals surface area contributed by atoms with E-state index < -0.39 is 10.0 Å². The number of benzene rings is 1. The molecule has 1 amide bonds. The topological polar surface area (TPSA) is 96.7 Å². The van der Waals surface area contributed by atoms with Crippen molar-refractivity contribution in [1.29, 1.82) is 0 Å². The Balaban J connectivity index is 1.69. The number of fused-ring (bicyclic) bond motifs is 1. The van der Waals surface area contributed by atoms with E-state index in [1.165, 1.54) is 22.6 Å². The van der Waals surface area contributed by atoms with E-state index in [9.17, 15) is 17.6 Å². The fourth-order valence-electron chi connectivity index (χ4n) is 2.94. The van der Waals surface area contributed by atoms with Crippen molar-refractivity contribution in [3.63, 3.8) is 0 Å². The summed E-state index contributed by atoms with van der Waals surface area (Å²) in [6, 6.07) is 7.90. The first kappa shape index (κ1) is 23.2. The molecule has 11 heteroatoms. The summed E-state index contributed by atoms with van der Waals surface area (Å²) in [5, 5.41) is 11.2. The Labute approximate surface area is 184 Å². The normalized spacial score (nSPS) is 11.9. The van der Waals surface area contributed by atoms with Crippen molar-refractivity contribution in [1.82, 2.24) is 24.2 Å². The minimum Gasteiger partial charge on any atom is -0.351 e. The van der Waals surface area contributed by atoms with Gasteiger partial charge in [-0.1, -0.05) is 37.7 Å². The lowest BCUT2D eigenvalue weighted by molar-refractivity contribution is -0.118. The average Bonchev–Trinajstić information content (AvgIpc) is 3.16. The lowest BCUT2D eigenvalue weighted by Gasteiger charge is -2.18. The van der Waals surface area contributed by atoms with Crippen LogP contribution in [0.3, 0.4) is 0 Å². The van der Waals surface area contributed by atoms with Gasteiger partial charge in [-0.15, -0.1) is 10.2 Å². The number of carbonyl (C=O) groups excluding carboxylic acids is 1. The van der Waals surface area contributed by atoms with Crippen LogP contribution >= 0.6 is 11.8 Å². The number of sulfonamides is 1. The lowest BCUT2D eigenvalue weighted by Crippen LogP contribution is -2.30. The van der Waals surface area contributed by atoms with E-state index in [0.717, 1.165) is 11.8 Å². The number of halogens is 1. The van der Waals surface area contributed by atoms with Crippen molar-refractivity contribution < 1.29 is 17.6 Å². The third-order valence-electron chi connectivity index (χ3n) is 4.75. The van der Waals surface area contributed by atoms with Crippen LogP contribution < -0.4 is 5.32 Å². The molecule has 0 unspecified atom stereocenters. The minimum atomic E-state index is -3.63. The number of pyridine rings is 1. The Kier molecular flexibility index (Phi) is 7.29. The van der Waals surface area contributed by atoms with Crippen LogP contribution in [0.1, 0.15) is 25.0 Å². The van der Waals surface area contributed by atoms with Crippen LogP contribution in [0.15, 0.2) is 46.6 Å². The maximum absolute atomic E-state index is 13.6. The molecule has 166 valence electrons. The number of amides is 1. The zero-order valence-corrected chi connectivity index (χ0v) is 19.1. The molecule has 0 fully saturated rings. The Hall–Kier alpha value is -2.50. The molecular formula is C20H24FN5O3S2. The van der Waals surface area contributed by atoms with Crippen molar-refractivity contribution in [3.05, 3.63) is 53.5 Å². The van der Waals surface area contributed by atoms with Crippen LogP contribution in [0.4, 0.5) is 4.39 Å². The Morgan fingerprint density at radius 3 is 2.61 bits per heavy atom. The molecule has 0 bridgehead atoms. The minimum absolute atomic E-state index is 0.0577. The number of aromatic nitrogens is 3. The second-order valence-corrected chi connectivity index (χ2v) is 9.69. The molecule has 2 heterocycles. The Morgan fingerprint density at radius 1 is 1.19 bits per heavy atom. The first-order valence-electron chi connectivity index (χ1n) is 9.75. The summed E-state index contributed by atoms with van der Waals surface area (Å²) in [5.74, 6) is -0.511. The fraction of sp³-hybridized carbons (Fsp3) is 0.350. The SMILES string of the molecule is CCN(CC)S(=O)(=O)c1ccc2nnc(SCC(=O)NCc3ccc(C)c(F)c3)n2c1. The zero-order chi connectivity index (χ0) is 22.6. The summed E-state index contributed by atoms with van der Waals surface area (Å²) >= 11 is 1.14. The predicted molar refractivity (Wildman–Crippen MR) is 117 cm³/mol. The molecule has 0 radical (unpaired) electrons. The van der Waals surface area contributed by atoms with E-state index >= 15 is 0 Å². The predicted octanol–water partition coefficient (Wildman–Crippen LogP) is 2.62. The summed E-state index contributed by atoms with van der Waals surface area (Å²) in [7, 11) is -3.63. The van der Waals surface area contributed by atoms with Crippen LogP contribution in [0.2, 0.25) is 0 Å². The van der Waals surface area contributed by atoms with Gasteiger partial charge in [-0.05, 0) is 36.2 Å². The van der Waals surface area contributed by atoms with Gasteiger partial charge in [0.15, 0.2) is 10.8 Å². The van der Waals surface area contributed by atoms with Gasteiger partial charge in [0.25, 0.3) is 0 Å². The zero-order valence-electron chi connectivity index (χ0n) is 17.5. The Bertz CT molecular complexity index is 1190. The number of thioether (sulfide) groups is 1. The highest BCUT2D eigenvalue weighted by Crippen LogP contribution is 2.21. The number of carbonyl (C=O) groups is 1. The van der Waals surface area contributed by atoms with Crippen LogP contribution in [0.25, 0.3) is 5.65 Å². The number of nitrogens with one attached hydrogen (secondary N) is 1. The quantitative estimate of drug-likeness (QED) is 0.488. The molecule has 3 aromatic rings. The van der Waals surface area contributed by atoms with E-state index in [1.54, 1.807) is 43.4 Å². The second kappa shape index (κ2) is 9.75. The largest absolute Gasteiger partial charge is 0.351 e. The van der Waals surface area contributed by atoms with Gasteiger partial charge < -0.3 is 5.32 Å². The van der Waals surface area contributed by atoms with Gasteiger partial charge in [-0.25, -0.2) is 12.8 Å². The summed E-state index contributed by atoms with van der Waals surface area (Å²) in [4.78, 5) is 12.3. The summed E-state index contributed by atoms with van der Waals surface area (Å²) in [6.45, 7) is 6.18. The third-order valence-corrected chi connectivity index (χ3v) is 7.72. The molecule has 0 aliphatic carbocycles. The highest BCUT2D eigenvalue weighted by Gasteiger charge is 2.23. The molecule has 1 aromatic carbocycles. The van der Waals surface area contributed by atoms with Crippen molar-refractivity contribution >= 4 is 33.3 Å².